The highest BCUT2D eigenvalue weighted by Gasteiger charge is 2.42. The lowest BCUT2D eigenvalue weighted by molar-refractivity contribution is -0.134. The molecule has 0 bridgehead atoms. The summed E-state index contributed by atoms with van der Waals surface area (Å²) in [5.41, 5.74) is 0.565. The van der Waals surface area contributed by atoms with Gasteiger partial charge in [-0.3, -0.25) is 9.59 Å². The number of carbonyl (C=O) groups is 2. The summed E-state index contributed by atoms with van der Waals surface area (Å²) in [6.45, 7) is 4.58. The summed E-state index contributed by atoms with van der Waals surface area (Å²) in [5.74, 6) is 0.881. The number of piperidine rings is 2. The number of rotatable bonds is 4. The average Bonchev–Trinajstić information content (AvgIpc) is 3.21. The minimum atomic E-state index is -0.425. The van der Waals surface area contributed by atoms with Crippen molar-refractivity contribution in [1.82, 2.24) is 19.4 Å². The molecule has 1 unspecified atom stereocenters. The van der Waals surface area contributed by atoms with Crippen LogP contribution in [0.4, 0.5) is 5.82 Å². The number of aliphatic hydroxyl groups is 1. The van der Waals surface area contributed by atoms with Gasteiger partial charge in [-0.05, 0) is 43.7 Å². The van der Waals surface area contributed by atoms with Crippen LogP contribution in [0.5, 0.6) is 0 Å². The molecule has 2 saturated heterocycles. The van der Waals surface area contributed by atoms with Crippen molar-refractivity contribution in [2.24, 2.45) is 5.41 Å². The van der Waals surface area contributed by atoms with E-state index in [4.69, 9.17) is 0 Å². The molecule has 2 aromatic rings. The van der Waals surface area contributed by atoms with Crippen LogP contribution in [-0.4, -0.2) is 68.5 Å². The molecule has 1 N–H and O–H groups in total. The number of nitrogens with zero attached hydrogens (tertiary/aromatic N) is 5. The third-order valence-electron chi connectivity index (χ3n) is 6.16. The van der Waals surface area contributed by atoms with Crippen molar-refractivity contribution in [3.8, 4) is 0 Å². The van der Waals surface area contributed by atoms with Gasteiger partial charge in [0.05, 0.1) is 12.4 Å². The Morgan fingerprint density at radius 3 is 2.69 bits per heavy atom. The molecule has 0 radical (unpaired) electrons. The molecule has 1 spiro atoms. The number of anilines is 1. The maximum atomic E-state index is 12.6. The van der Waals surface area contributed by atoms with Crippen LogP contribution in [0.1, 0.15) is 36.5 Å². The number of likely N-dealkylation sites (tertiary alicyclic amines) is 1. The SMILES string of the molecule is CC(=O)c1ccc(N2CC(O)CC3(CCN(C(=O)Cn4ccnc4)CC3)C2)nc1. The first-order chi connectivity index (χ1) is 13.9. The second-order valence-electron chi connectivity index (χ2n) is 8.32. The Bertz CT molecular complexity index is 857. The zero-order chi connectivity index (χ0) is 20.4. The van der Waals surface area contributed by atoms with E-state index in [-0.39, 0.29) is 17.1 Å². The van der Waals surface area contributed by atoms with Crippen LogP contribution in [0.2, 0.25) is 0 Å². The number of hydrogen-bond donors (Lipinski definition) is 1. The predicted molar refractivity (Wildman–Crippen MR) is 108 cm³/mol. The topological polar surface area (TPSA) is 91.6 Å². The number of pyridine rings is 1. The van der Waals surface area contributed by atoms with Crippen LogP contribution in [0.25, 0.3) is 0 Å². The van der Waals surface area contributed by atoms with Crippen molar-refractivity contribution in [3.63, 3.8) is 0 Å². The molecule has 0 aliphatic carbocycles. The van der Waals surface area contributed by atoms with Crippen LogP contribution >= 0.6 is 0 Å². The van der Waals surface area contributed by atoms with Gasteiger partial charge < -0.3 is 19.5 Å². The van der Waals surface area contributed by atoms with Crippen molar-refractivity contribution < 1.29 is 14.7 Å². The highest BCUT2D eigenvalue weighted by molar-refractivity contribution is 5.93. The Morgan fingerprint density at radius 1 is 1.28 bits per heavy atom. The summed E-state index contributed by atoms with van der Waals surface area (Å²) < 4.78 is 1.79. The smallest absolute Gasteiger partial charge is 0.242 e. The van der Waals surface area contributed by atoms with E-state index in [1.807, 2.05) is 11.0 Å². The molecule has 1 atom stereocenters. The van der Waals surface area contributed by atoms with Gasteiger partial charge in [0.15, 0.2) is 5.78 Å². The number of β-amino-alcohol motifs (C(OH)–C–C–N with tert-alkyl or cyclic N) is 1. The van der Waals surface area contributed by atoms with E-state index in [9.17, 15) is 14.7 Å². The second kappa shape index (κ2) is 7.94. The molecule has 8 nitrogen and oxygen atoms in total. The van der Waals surface area contributed by atoms with Crippen molar-refractivity contribution in [3.05, 3.63) is 42.6 Å². The Hall–Kier alpha value is -2.74. The lowest BCUT2D eigenvalue weighted by Gasteiger charge is -2.49. The van der Waals surface area contributed by atoms with Crippen molar-refractivity contribution >= 4 is 17.5 Å². The summed E-state index contributed by atoms with van der Waals surface area (Å²) in [6, 6.07) is 3.64. The Morgan fingerprint density at radius 2 is 2.07 bits per heavy atom. The fourth-order valence-electron chi connectivity index (χ4n) is 4.54. The minimum absolute atomic E-state index is 0.00747. The first-order valence-electron chi connectivity index (χ1n) is 10.1. The summed E-state index contributed by atoms with van der Waals surface area (Å²) in [6.07, 6.45) is 8.77. The van der Waals surface area contributed by atoms with Crippen LogP contribution in [-0.2, 0) is 11.3 Å². The molecule has 2 fully saturated rings. The minimum Gasteiger partial charge on any atom is -0.391 e. The van der Waals surface area contributed by atoms with E-state index in [2.05, 4.69) is 14.9 Å². The van der Waals surface area contributed by atoms with Crippen LogP contribution in [0.15, 0.2) is 37.1 Å². The van der Waals surface area contributed by atoms with Crippen LogP contribution in [0.3, 0.4) is 0 Å². The normalized spacial score (nSPS) is 21.4. The third-order valence-corrected chi connectivity index (χ3v) is 6.16. The molecule has 4 rings (SSSR count). The van der Waals surface area contributed by atoms with Gasteiger partial charge in [-0.25, -0.2) is 9.97 Å². The lowest BCUT2D eigenvalue weighted by atomic mass is 9.71. The standard InChI is InChI=1S/C21H27N5O3/c1-16(27)17-2-3-19(23-11-17)26-12-18(28)10-21(14-26)4-7-25(8-5-21)20(29)13-24-9-6-22-15-24/h2-3,6,9,11,15,18,28H,4-5,7-8,10,12-14H2,1H3. The molecular weight excluding hydrogens is 370 g/mol. The third kappa shape index (κ3) is 4.32. The molecule has 0 saturated carbocycles. The lowest BCUT2D eigenvalue weighted by Crippen LogP contribution is -2.55. The molecule has 154 valence electrons. The van der Waals surface area contributed by atoms with Gasteiger partial charge in [-0.1, -0.05) is 0 Å². The number of Topliss-reactive ketones (excluding diaryl/α,β-unsaturated/α-hetero) is 1. The molecule has 2 aliphatic heterocycles. The number of aromatic nitrogens is 3. The van der Waals surface area contributed by atoms with Gasteiger partial charge in [-0.2, -0.15) is 0 Å². The maximum absolute atomic E-state index is 12.6. The van der Waals surface area contributed by atoms with E-state index in [0.717, 1.165) is 31.6 Å². The van der Waals surface area contributed by atoms with Crippen LogP contribution < -0.4 is 4.90 Å². The number of imidazole rings is 1. The van der Waals surface area contributed by atoms with E-state index >= 15 is 0 Å². The predicted octanol–water partition coefficient (Wildman–Crippen LogP) is 1.36. The van der Waals surface area contributed by atoms with Crippen molar-refractivity contribution in [1.29, 1.82) is 0 Å². The quantitative estimate of drug-likeness (QED) is 0.784. The number of amides is 1. The van der Waals surface area contributed by atoms with Gasteiger partial charge in [0, 0.05) is 50.3 Å². The Balaban J connectivity index is 1.40. The summed E-state index contributed by atoms with van der Waals surface area (Å²) in [4.78, 5) is 36.5. The summed E-state index contributed by atoms with van der Waals surface area (Å²) >= 11 is 0. The van der Waals surface area contributed by atoms with Gasteiger partial charge in [0.2, 0.25) is 5.91 Å². The second-order valence-corrected chi connectivity index (χ2v) is 8.32. The largest absolute Gasteiger partial charge is 0.391 e. The summed E-state index contributed by atoms with van der Waals surface area (Å²) in [7, 11) is 0. The van der Waals surface area contributed by atoms with Crippen LogP contribution in [0, 0.1) is 5.41 Å². The maximum Gasteiger partial charge on any atom is 0.242 e. The summed E-state index contributed by atoms with van der Waals surface area (Å²) in [5, 5.41) is 10.5. The van der Waals surface area contributed by atoms with Gasteiger partial charge in [-0.15, -0.1) is 0 Å². The van der Waals surface area contributed by atoms with E-state index in [0.29, 0.717) is 31.7 Å². The monoisotopic (exact) mass is 397 g/mol. The molecule has 8 heteroatoms. The van der Waals surface area contributed by atoms with Gasteiger partial charge >= 0.3 is 0 Å². The highest BCUT2D eigenvalue weighted by atomic mass is 16.3. The number of hydrogen-bond acceptors (Lipinski definition) is 6. The van der Waals surface area contributed by atoms with Crippen molar-refractivity contribution in [2.45, 2.75) is 38.8 Å². The van der Waals surface area contributed by atoms with Gasteiger partial charge in [0.1, 0.15) is 12.4 Å². The number of aliphatic hydroxyl groups excluding tert-OH is 1. The molecule has 29 heavy (non-hydrogen) atoms. The first-order valence-corrected chi connectivity index (χ1v) is 10.1. The fourth-order valence-corrected chi connectivity index (χ4v) is 4.54. The number of ketones is 1. The Labute approximate surface area is 170 Å². The zero-order valence-electron chi connectivity index (χ0n) is 16.7. The molecule has 2 aliphatic rings. The van der Waals surface area contributed by atoms with E-state index in [1.54, 1.807) is 35.6 Å². The van der Waals surface area contributed by atoms with Gasteiger partial charge in [0.25, 0.3) is 0 Å². The van der Waals surface area contributed by atoms with Crippen molar-refractivity contribution in [2.75, 3.05) is 31.1 Å². The Kier molecular flexibility index (Phi) is 5.36. The molecular formula is C21H27N5O3. The average molecular weight is 397 g/mol. The van der Waals surface area contributed by atoms with E-state index in [1.165, 1.54) is 6.92 Å². The molecule has 0 aromatic carbocycles. The zero-order valence-corrected chi connectivity index (χ0v) is 16.7. The molecule has 2 aromatic heterocycles. The van der Waals surface area contributed by atoms with E-state index < -0.39 is 6.10 Å². The molecule has 4 heterocycles. The number of carbonyl (C=O) groups excluding carboxylic acids is 2. The molecule has 1 amide bonds. The first kappa shape index (κ1) is 19.6. The highest BCUT2D eigenvalue weighted by Crippen LogP contribution is 2.41. The fraction of sp³-hybridized carbons (Fsp3) is 0.524.